The van der Waals surface area contributed by atoms with Crippen molar-refractivity contribution in [1.82, 2.24) is 20.8 Å². The van der Waals surface area contributed by atoms with Crippen molar-refractivity contribution in [2.45, 2.75) is 12.8 Å². The van der Waals surface area contributed by atoms with E-state index in [1.807, 2.05) is 17.5 Å². The number of hydrogen-bond donors (Lipinski definition) is 3. The van der Waals surface area contributed by atoms with Crippen molar-refractivity contribution in [3.63, 3.8) is 0 Å². The van der Waals surface area contributed by atoms with Crippen LogP contribution in [0.1, 0.15) is 23.3 Å². The Balaban J connectivity index is 0.00000161. The number of amides is 1. The van der Waals surface area contributed by atoms with Crippen LogP contribution in [0.2, 0.25) is 0 Å². The monoisotopic (exact) mass is 326 g/mol. The van der Waals surface area contributed by atoms with E-state index >= 15 is 0 Å². The molecule has 0 spiro atoms. The van der Waals surface area contributed by atoms with E-state index in [4.69, 9.17) is 0 Å². The highest BCUT2D eigenvalue weighted by atomic mass is 35.5. The third kappa shape index (κ3) is 4.06. The minimum atomic E-state index is -0.102. The van der Waals surface area contributed by atoms with Crippen molar-refractivity contribution in [2.24, 2.45) is 5.92 Å². The van der Waals surface area contributed by atoms with Crippen LogP contribution in [0, 0.1) is 5.92 Å². The molecule has 7 heteroatoms. The summed E-state index contributed by atoms with van der Waals surface area (Å²) in [5, 5.41) is 15.3. The summed E-state index contributed by atoms with van der Waals surface area (Å²) >= 11 is 1.63. The van der Waals surface area contributed by atoms with Crippen LogP contribution in [0.4, 0.5) is 0 Å². The largest absolute Gasteiger partial charge is 0.351 e. The zero-order valence-electron chi connectivity index (χ0n) is 11.6. The highest BCUT2D eigenvalue weighted by Gasteiger charge is 2.15. The van der Waals surface area contributed by atoms with Crippen LogP contribution < -0.4 is 10.6 Å². The fourth-order valence-electron chi connectivity index (χ4n) is 2.44. The smallest absolute Gasteiger partial charge is 0.271 e. The van der Waals surface area contributed by atoms with Gasteiger partial charge < -0.3 is 10.6 Å². The summed E-state index contributed by atoms with van der Waals surface area (Å²) in [6.07, 6.45) is 2.24. The molecular weight excluding hydrogens is 308 g/mol. The van der Waals surface area contributed by atoms with Crippen molar-refractivity contribution < 1.29 is 4.79 Å². The number of halogens is 1. The number of carbonyl (C=O) groups is 1. The molecule has 0 aromatic carbocycles. The summed E-state index contributed by atoms with van der Waals surface area (Å²) in [6.45, 7) is 2.88. The Kier molecular flexibility index (Phi) is 5.78. The number of nitrogens with one attached hydrogen (secondary N) is 3. The van der Waals surface area contributed by atoms with Gasteiger partial charge in [0.05, 0.1) is 10.6 Å². The second-order valence-electron chi connectivity index (χ2n) is 5.05. The number of rotatable bonds is 5. The fourth-order valence-corrected chi connectivity index (χ4v) is 3.13. The van der Waals surface area contributed by atoms with Crippen LogP contribution in [0.25, 0.3) is 10.6 Å². The molecule has 3 heterocycles. The van der Waals surface area contributed by atoms with Crippen LogP contribution in [-0.2, 0) is 0 Å². The number of aromatic amines is 1. The summed E-state index contributed by atoms with van der Waals surface area (Å²) in [7, 11) is 0. The van der Waals surface area contributed by atoms with Crippen molar-refractivity contribution in [1.29, 1.82) is 0 Å². The number of nitrogens with zero attached hydrogens (tertiary/aromatic N) is 1. The van der Waals surface area contributed by atoms with Gasteiger partial charge in [-0.3, -0.25) is 9.89 Å². The van der Waals surface area contributed by atoms with Gasteiger partial charge in [0.2, 0.25) is 0 Å². The number of H-pyrrole nitrogens is 1. The summed E-state index contributed by atoms with van der Waals surface area (Å²) in [4.78, 5) is 13.1. The zero-order chi connectivity index (χ0) is 13.8. The normalized spacial score (nSPS) is 17.4. The first-order chi connectivity index (χ1) is 9.83. The first kappa shape index (κ1) is 16.0. The predicted molar refractivity (Wildman–Crippen MR) is 87.1 cm³/mol. The number of aromatic nitrogens is 2. The number of carbonyl (C=O) groups excluding carboxylic acids is 1. The maximum atomic E-state index is 12.0. The van der Waals surface area contributed by atoms with Gasteiger partial charge in [-0.2, -0.15) is 5.10 Å². The summed E-state index contributed by atoms with van der Waals surface area (Å²) in [5.74, 6) is 0.589. The molecule has 0 aliphatic carbocycles. The average molecular weight is 327 g/mol. The molecule has 3 N–H and O–H groups in total. The molecule has 1 atom stereocenters. The lowest BCUT2D eigenvalue weighted by molar-refractivity contribution is 0.0946. The van der Waals surface area contributed by atoms with E-state index in [0.717, 1.165) is 30.1 Å². The van der Waals surface area contributed by atoms with E-state index in [-0.39, 0.29) is 18.3 Å². The molecule has 5 nitrogen and oxygen atoms in total. The zero-order valence-corrected chi connectivity index (χ0v) is 13.2. The molecule has 1 saturated heterocycles. The van der Waals surface area contributed by atoms with Gasteiger partial charge in [-0.25, -0.2) is 0 Å². The number of hydrogen-bond acceptors (Lipinski definition) is 4. The van der Waals surface area contributed by atoms with Crippen molar-refractivity contribution in [3.05, 3.63) is 29.3 Å². The van der Waals surface area contributed by atoms with Crippen molar-refractivity contribution in [3.8, 4) is 10.6 Å². The van der Waals surface area contributed by atoms with Gasteiger partial charge in [0.25, 0.3) is 5.91 Å². The molecule has 1 unspecified atom stereocenters. The molecule has 0 saturated carbocycles. The van der Waals surface area contributed by atoms with E-state index in [0.29, 0.717) is 18.2 Å². The Labute approximate surface area is 133 Å². The Hall–Kier alpha value is -1.37. The van der Waals surface area contributed by atoms with Gasteiger partial charge in [0.15, 0.2) is 5.69 Å². The van der Waals surface area contributed by atoms with Crippen molar-refractivity contribution >= 4 is 29.7 Å². The van der Waals surface area contributed by atoms with Gasteiger partial charge in [-0.05, 0) is 49.4 Å². The van der Waals surface area contributed by atoms with Crippen LogP contribution in [0.5, 0.6) is 0 Å². The highest BCUT2D eigenvalue weighted by molar-refractivity contribution is 7.13. The maximum absolute atomic E-state index is 12.0. The van der Waals surface area contributed by atoms with Crippen LogP contribution in [-0.4, -0.2) is 35.7 Å². The number of thiophene rings is 1. The van der Waals surface area contributed by atoms with E-state index < -0.39 is 0 Å². The average Bonchev–Trinajstić information content (AvgIpc) is 3.20. The third-order valence-electron chi connectivity index (χ3n) is 3.60. The second kappa shape index (κ2) is 7.59. The van der Waals surface area contributed by atoms with Gasteiger partial charge in [-0.15, -0.1) is 23.7 Å². The Morgan fingerprint density at radius 1 is 1.52 bits per heavy atom. The molecular formula is C14H19ClN4OS. The topological polar surface area (TPSA) is 69.8 Å². The van der Waals surface area contributed by atoms with Gasteiger partial charge in [0.1, 0.15) is 0 Å². The summed E-state index contributed by atoms with van der Waals surface area (Å²) < 4.78 is 0. The highest BCUT2D eigenvalue weighted by Crippen LogP contribution is 2.22. The molecule has 1 amide bonds. The molecule has 1 fully saturated rings. The Morgan fingerprint density at radius 2 is 2.43 bits per heavy atom. The van der Waals surface area contributed by atoms with E-state index in [1.165, 1.54) is 6.42 Å². The Bertz CT molecular complexity index is 563. The predicted octanol–water partition coefficient (Wildman–Crippen LogP) is 2.29. The molecule has 21 heavy (non-hydrogen) atoms. The second-order valence-corrected chi connectivity index (χ2v) is 6.00. The van der Waals surface area contributed by atoms with Crippen LogP contribution >= 0.6 is 23.7 Å². The fraction of sp³-hybridized carbons (Fsp3) is 0.429. The van der Waals surface area contributed by atoms with Gasteiger partial charge in [-0.1, -0.05) is 6.07 Å². The first-order valence-corrected chi connectivity index (χ1v) is 7.79. The van der Waals surface area contributed by atoms with Crippen molar-refractivity contribution in [2.75, 3.05) is 19.6 Å². The van der Waals surface area contributed by atoms with E-state index in [1.54, 1.807) is 17.4 Å². The minimum Gasteiger partial charge on any atom is -0.351 e. The SMILES string of the molecule is Cl.O=C(NCCC1CCNC1)c1cc(-c2cccs2)[nH]n1. The van der Waals surface area contributed by atoms with E-state index in [9.17, 15) is 4.79 Å². The molecule has 1 aliphatic heterocycles. The molecule has 2 aromatic heterocycles. The summed E-state index contributed by atoms with van der Waals surface area (Å²) in [6, 6.07) is 5.79. The van der Waals surface area contributed by atoms with Crippen LogP contribution in [0.15, 0.2) is 23.6 Å². The molecule has 114 valence electrons. The lowest BCUT2D eigenvalue weighted by atomic mass is 10.1. The minimum absolute atomic E-state index is 0. The van der Waals surface area contributed by atoms with E-state index in [2.05, 4.69) is 20.8 Å². The third-order valence-corrected chi connectivity index (χ3v) is 4.50. The van der Waals surface area contributed by atoms with Crippen LogP contribution in [0.3, 0.4) is 0 Å². The summed E-state index contributed by atoms with van der Waals surface area (Å²) in [5.41, 5.74) is 1.35. The standard InChI is InChI=1S/C14H18N4OS.ClH/c19-14(16-6-4-10-3-5-15-9-10)12-8-11(17-18-12)13-2-1-7-20-13;/h1-2,7-8,10,15H,3-6,9H2,(H,16,19)(H,17,18);1H. The lowest BCUT2D eigenvalue weighted by Crippen LogP contribution is -2.26. The molecule has 1 aliphatic rings. The first-order valence-electron chi connectivity index (χ1n) is 6.91. The molecule has 2 aromatic rings. The Morgan fingerprint density at radius 3 is 3.14 bits per heavy atom. The lowest BCUT2D eigenvalue weighted by Gasteiger charge is -2.08. The molecule has 3 rings (SSSR count). The molecule has 0 radical (unpaired) electrons. The molecule has 0 bridgehead atoms. The van der Waals surface area contributed by atoms with Gasteiger partial charge >= 0.3 is 0 Å². The van der Waals surface area contributed by atoms with Gasteiger partial charge in [0, 0.05) is 6.54 Å². The maximum Gasteiger partial charge on any atom is 0.271 e. The quantitative estimate of drug-likeness (QED) is 0.789.